The van der Waals surface area contributed by atoms with Gasteiger partial charge in [-0.2, -0.15) is 5.10 Å². The van der Waals surface area contributed by atoms with Crippen molar-refractivity contribution < 1.29 is 38.4 Å². The van der Waals surface area contributed by atoms with Crippen LogP contribution in [0.5, 0.6) is 0 Å². The van der Waals surface area contributed by atoms with Gasteiger partial charge in [0.1, 0.15) is 24.7 Å². The molecule has 0 saturated heterocycles. The van der Waals surface area contributed by atoms with Crippen molar-refractivity contribution in [3.63, 3.8) is 0 Å². The highest BCUT2D eigenvalue weighted by atomic mass is 16.6. The van der Waals surface area contributed by atoms with E-state index in [-0.39, 0.29) is 31.1 Å². The molecule has 0 aliphatic heterocycles. The predicted molar refractivity (Wildman–Crippen MR) is 116 cm³/mol. The maximum atomic E-state index is 11.5. The van der Waals surface area contributed by atoms with Crippen LogP contribution in [0.25, 0.3) is 0 Å². The third kappa shape index (κ3) is 7.36. The Hall–Kier alpha value is -4.36. The molecule has 1 aromatic carbocycles. The molecule has 0 saturated carbocycles. The smallest absolute Gasteiger partial charge is 0.307 e. The van der Waals surface area contributed by atoms with Gasteiger partial charge in [-0.25, -0.2) is 0 Å². The Bertz CT molecular complexity index is 1070. The fourth-order valence-electron chi connectivity index (χ4n) is 3.07. The third-order valence-corrected chi connectivity index (χ3v) is 4.58. The number of rotatable bonds is 9. The lowest BCUT2D eigenvalue weighted by Gasteiger charge is -2.28. The lowest BCUT2D eigenvalue weighted by Crippen LogP contribution is -2.32. The van der Waals surface area contributed by atoms with E-state index in [0.717, 1.165) is 18.2 Å². The van der Waals surface area contributed by atoms with Gasteiger partial charge in [0.2, 0.25) is 0 Å². The van der Waals surface area contributed by atoms with Gasteiger partial charge < -0.3 is 14.2 Å². The summed E-state index contributed by atoms with van der Waals surface area (Å²) < 4.78 is 15.3. The number of anilines is 1. The first-order valence-electron chi connectivity index (χ1n) is 9.90. The molecule has 0 bridgehead atoms. The summed E-state index contributed by atoms with van der Waals surface area (Å²) in [6.07, 6.45) is 1.58. The number of benzene rings is 1. The standard InChI is InChI=1S/C20H22N4O10/c1-11(25)32-9-14-7-20(34-13(3)27)15(10-33-12(2)26)6-18(14)22-21-17-5-4-16(23(28)29)8-19(17)24(30)31/h4-5,7-8,14-15,21H,6,9-10H2,1-3H3/b22-18+/t14-,15-/m1/s1. The first-order chi connectivity index (χ1) is 16.0. The summed E-state index contributed by atoms with van der Waals surface area (Å²) in [7, 11) is 0. The van der Waals surface area contributed by atoms with Gasteiger partial charge in [-0.3, -0.25) is 40.0 Å². The molecule has 182 valence electrons. The Morgan fingerprint density at radius 1 is 1.03 bits per heavy atom. The normalized spacial score (nSPS) is 18.4. The van der Waals surface area contributed by atoms with Crippen molar-refractivity contribution >= 4 is 40.7 Å². The highest BCUT2D eigenvalue weighted by Crippen LogP contribution is 2.31. The fraction of sp³-hybridized carbons (Fsp3) is 0.400. The minimum Gasteiger partial charge on any atom is -0.465 e. The molecule has 14 nitrogen and oxygen atoms in total. The maximum Gasteiger partial charge on any atom is 0.307 e. The number of carbonyl (C=O) groups is 3. The second-order valence-corrected chi connectivity index (χ2v) is 7.21. The summed E-state index contributed by atoms with van der Waals surface area (Å²) >= 11 is 0. The van der Waals surface area contributed by atoms with Crippen LogP contribution < -0.4 is 5.43 Å². The van der Waals surface area contributed by atoms with Gasteiger partial charge in [-0.1, -0.05) is 0 Å². The summed E-state index contributed by atoms with van der Waals surface area (Å²) in [6, 6.07) is 3.01. The van der Waals surface area contributed by atoms with Crippen molar-refractivity contribution in [2.75, 3.05) is 18.6 Å². The molecule has 0 heterocycles. The molecule has 0 aromatic heterocycles. The molecule has 0 unspecified atom stereocenters. The second kappa shape index (κ2) is 11.5. The Balaban J connectivity index is 2.42. The number of hydrogen-bond donors (Lipinski definition) is 1. The lowest BCUT2D eigenvalue weighted by atomic mass is 9.85. The number of nitrogens with one attached hydrogen (secondary N) is 1. The van der Waals surface area contributed by atoms with E-state index in [1.165, 1.54) is 26.8 Å². The second-order valence-electron chi connectivity index (χ2n) is 7.21. The minimum atomic E-state index is -0.797. The molecule has 0 fully saturated rings. The van der Waals surface area contributed by atoms with Gasteiger partial charge in [0.25, 0.3) is 5.69 Å². The molecule has 1 aliphatic carbocycles. The fourth-order valence-corrected chi connectivity index (χ4v) is 3.07. The molecule has 1 aliphatic rings. The van der Waals surface area contributed by atoms with Crippen molar-refractivity contribution in [1.82, 2.24) is 0 Å². The van der Waals surface area contributed by atoms with Gasteiger partial charge in [0.15, 0.2) is 0 Å². The predicted octanol–water partition coefficient (Wildman–Crippen LogP) is 2.48. The van der Waals surface area contributed by atoms with E-state index in [2.05, 4.69) is 10.5 Å². The number of non-ortho nitro benzene ring substituents is 1. The molecule has 0 radical (unpaired) electrons. The summed E-state index contributed by atoms with van der Waals surface area (Å²) in [5, 5.41) is 26.5. The van der Waals surface area contributed by atoms with E-state index >= 15 is 0 Å². The lowest BCUT2D eigenvalue weighted by molar-refractivity contribution is -0.393. The summed E-state index contributed by atoms with van der Waals surface area (Å²) in [4.78, 5) is 54.8. The number of nitro groups is 2. The Morgan fingerprint density at radius 2 is 1.68 bits per heavy atom. The molecular weight excluding hydrogens is 456 g/mol. The van der Waals surface area contributed by atoms with Crippen molar-refractivity contribution in [3.8, 4) is 0 Å². The quantitative estimate of drug-likeness (QED) is 0.237. The molecule has 14 heteroatoms. The van der Waals surface area contributed by atoms with Gasteiger partial charge in [-0.05, 0) is 12.1 Å². The van der Waals surface area contributed by atoms with Crippen LogP contribution in [0.2, 0.25) is 0 Å². The Kier molecular flexibility index (Phi) is 8.75. The number of esters is 3. The zero-order valence-electron chi connectivity index (χ0n) is 18.5. The molecule has 2 atom stereocenters. The van der Waals surface area contributed by atoms with Crippen LogP contribution in [-0.4, -0.2) is 46.7 Å². The first kappa shape index (κ1) is 25.9. The van der Waals surface area contributed by atoms with E-state index in [4.69, 9.17) is 14.2 Å². The van der Waals surface area contributed by atoms with Gasteiger partial charge in [0.05, 0.1) is 27.7 Å². The average Bonchev–Trinajstić information content (AvgIpc) is 2.75. The summed E-state index contributed by atoms with van der Waals surface area (Å²) in [5.41, 5.74) is 1.73. The van der Waals surface area contributed by atoms with E-state index in [9.17, 15) is 34.6 Å². The third-order valence-electron chi connectivity index (χ3n) is 4.58. The van der Waals surface area contributed by atoms with Crippen molar-refractivity contribution in [3.05, 3.63) is 50.3 Å². The molecule has 1 N–H and O–H groups in total. The van der Waals surface area contributed by atoms with E-state index in [1.54, 1.807) is 0 Å². The summed E-state index contributed by atoms with van der Waals surface area (Å²) in [5.74, 6) is -2.80. The molecule has 1 aromatic rings. The van der Waals surface area contributed by atoms with Crippen molar-refractivity contribution in [1.29, 1.82) is 0 Å². The van der Waals surface area contributed by atoms with Crippen LogP contribution in [-0.2, 0) is 28.6 Å². The number of hydrogen-bond acceptors (Lipinski definition) is 12. The van der Waals surface area contributed by atoms with E-state index in [1.807, 2.05) is 0 Å². The molecule has 0 spiro atoms. The van der Waals surface area contributed by atoms with Crippen LogP contribution in [0.15, 0.2) is 35.1 Å². The first-order valence-corrected chi connectivity index (χ1v) is 9.90. The number of nitro benzene ring substituents is 2. The molecule has 34 heavy (non-hydrogen) atoms. The minimum absolute atomic E-state index is 0.0894. The number of nitrogens with zero attached hydrogens (tertiary/aromatic N) is 3. The average molecular weight is 478 g/mol. The monoisotopic (exact) mass is 478 g/mol. The maximum absolute atomic E-state index is 11.5. The number of carbonyl (C=O) groups excluding carboxylic acids is 3. The van der Waals surface area contributed by atoms with Crippen LogP contribution in [0.1, 0.15) is 27.2 Å². The van der Waals surface area contributed by atoms with Crippen LogP contribution >= 0.6 is 0 Å². The topological polar surface area (TPSA) is 190 Å². The van der Waals surface area contributed by atoms with E-state index < -0.39 is 51.0 Å². The molecular formula is C20H22N4O10. The highest BCUT2D eigenvalue weighted by molar-refractivity contribution is 5.91. The van der Waals surface area contributed by atoms with Crippen molar-refractivity contribution in [2.24, 2.45) is 16.9 Å². The Morgan fingerprint density at radius 3 is 2.24 bits per heavy atom. The molecule has 0 amide bonds. The molecule has 2 rings (SSSR count). The Labute approximate surface area is 192 Å². The van der Waals surface area contributed by atoms with Crippen LogP contribution in [0.3, 0.4) is 0 Å². The zero-order chi connectivity index (χ0) is 25.4. The number of hydrazone groups is 1. The van der Waals surface area contributed by atoms with Crippen molar-refractivity contribution in [2.45, 2.75) is 27.2 Å². The summed E-state index contributed by atoms with van der Waals surface area (Å²) in [6.45, 7) is 3.32. The van der Waals surface area contributed by atoms with Crippen LogP contribution in [0, 0.1) is 32.1 Å². The van der Waals surface area contributed by atoms with Gasteiger partial charge in [-0.15, -0.1) is 0 Å². The largest absolute Gasteiger partial charge is 0.465 e. The highest BCUT2D eigenvalue weighted by Gasteiger charge is 2.32. The van der Waals surface area contributed by atoms with E-state index in [0.29, 0.717) is 5.71 Å². The van der Waals surface area contributed by atoms with Crippen LogP contribution in [0.4, 0.5) is 17.1 Å². The van der Waals surface area contributed by atoms with Gasteiger partial charge >= 0.3 is 23.6 Å². The number of ether oxygens (including phenoxy) is 3. The SMILES string of the molecule is CC(=O)OC[C@H]1C/C(=N\Nc2ccc([N+](=O)[O-])cc2[N+](=O)[O-])[C@@H](COC(C)=O)C=C1OC(C)=O. The zero-order valence-corrected chi connectivity index (χ0v) is 18.5. The van der Waals surface area contributed by atoms with Gasteiger partial charge in [0, 0.05) is 39.0 Å².